The lowest BCUT2D eigenvalue weighted by molar-refractivity contribution is 0.354. The van der Waals surface area contributed by atoms with Gasteiger partial charge in [0.1, 0.15) is 0 Å². The van der Waals surface area contributed by atoms with Crippen molar-refractivity contribution in [3.05, 3.63) is 23.8 Å². The third-order valence-corrected chi connectivity index (χ3v) is 2.92. The second kappa shape index (κ2) is 7.45. The van der Waals surface area contributed by atoms with Crippen molar-refractivity contribution in [1.82, 2.24) is 5.32 Å². The van der Waals surface area contributed by atoms with E-state index in [0.717, 1.165) is 30.2 Å². The van der Waals surface area contributed by atoms with E-state index in [4.69, 9.17) is 9.47 Å². The van der Waals surface area contributed by atoms with E-state index in [0.29, 0.717) is 6.04 Å². The molecule has 0 aromatic heterocycles. The Balaban J connectivity index is 2.60. The van der Waals surface area contributed by atoms with Gasteiger partial charge in [-0.1, -0.05) is 6.07 Å². The standard InChI is InChI=1S/C13H21NO2S/c1-10(6-7-17)14-9-11-4-5-12(15-2)13(8-11)16-3/h4-5,8,10,14,17H,6-7,9H2,1-3H3. The molecule has 0 aliphatic carbocycles. The summed E-state index contributed by atoms with van der Waals surface area (Å²) >= 11 is 4.22. The van der Waals surface area contributed by atoms with Crippen LogP contribution in [0.4, 0.5) is 0 Å². The van der Waals surface area contributed by atoms with Crippen LogP contribution < -0.4 is 14.8 Å². The SMILES string of the molecule is COc1ccc(CNC(C)CCS)cc1OC. The molecule has 1 unspecified atom stereocenters. The Morgan fingerprint density at radius 3 is 2.53 bits per heavy atom. The Bertz CT molecular complexity index is 344. The molecule has 4 heteroatoms. The molecule has 1 atom stereocenters. The summed E-state index contributed by atoms with van der Waals surface area (Å²) in [6.07, 6.45) is 1.07. The molecule has 3 nitrogen and oxygen atoms in total. The molecule has 0 saturated heterocycles. The smallest absolute Gasteiger partial charge is 0.161 e. The van der Waals surface area contributed by atoms with Gasteiger partial charge in [-0.2, -0.15) is 12.6 Å². The molecule has 0 spiro atoms. The van der Waals surface area contributed by atoms with Crippen molar-refractivity contribution in [3.8, 4) is 11.5 Å². The van der Waals surface area contributed by atoms with Crippen LogP contribution in [0.2, 0.25) is 0 Å². The van der Waals surface area contributed by atoms with E-state index in [1.807, 2.05) is 18.2 Å². The molecule has 0 fully saturated rings. The van der Waals surface area contributed by atoms with E-state index < -0.39 is 0 Å². The van der Waals surface area contributed by atoms with Crippen LogP contribution in [0.25, 0.3) is 0 Å². The fourth-order valence-electron chi connectivity index (χ4n) is 1.58. The molecule has 0 bridgehead atoms. The summed E-state index contributed by atoms with van der Waals surface area (Å²) < 4.78 is 10.5. The first-order valence-corrected chi connectivity index (χ1v) is 6.39. The number of hydrogen-bond donors (Lipinski definition) is 2. The molecule has 1 rings (SSSR count). The topological polar surface area (TPSA) is 30.5 Å². The minimum atomic E-state index is 0.473. The van der Waals surface area contributed by atoms with E-state index in [2.05, 4.69) is 24.9 Å². The van der Waals surface area contributed by atoms with Crippen LogP contribution >= 0.6 is 12.6 Å². The van der Waals surface area contributed by atoms with E-state index >= 15 is 0 Å². The van der Waals surface area contributed by atoms with Crippen LogP contribution in [-0.2, 0) is 6.54 Å². The number of benzene rings is 1. The van der Waals surface area contributed by atoms with Gasteiger partial charge < -0.3 is 14.8 Å². The van der Waals surface area contributed by atoms with E-state index in [1.165, 1.54) is 5.56 Å². The maximum absolute atomic E-state index is 5.27. The van der Waals surface area contributed by atoms with Crippen LogP contribution in [0.15, 0.2) is 18.2 Å². The second-order valence-corrected chi connectivity index (χ2v) is 4.43. The molecule has 17 heavy (non-hydrogen) atoms. The summed E-state index contributed by atoms with van der Waals surface area (Å²) in [5.41, 5.74) is 1.19. The van der Waals surface area contributed by atoms with Crippen LogP contribution in [-0.4, -0.2) is 26.0 Å². The Labute approximate surface area is 109 Å². The van der Waals surface area contributed by atoms with Gasteiger partial charge in [0.15, 0.2) is 11.5 Å². The van der Waals surface area contributed by atoms with Gasteiger partial charge in [0, 0.05) is 12.6 Å². The molecular weight excluding hydrogens is 234 g/mol. The zero-order valence-electron chi connectivity index (χ0n) is 10.7. The molecule has 0 amide bonds. The van der Waals surface area contributed by atoms with Gasteiger partial charge in [-0.15, -0.1) is 0 Å². The summed E-state index contributed by atoms with van der Waals surface area (Å²) in [5.74, 6) is 2.44. The second-order valence-electron chi connectivity index (χ2n) is 3.98. The lowest BCUT2D eigenvalue weighted by Gasteiger charge is -2.14. The Morgan fingerprint density at radius 1 is 1.24 bits per heavy atom. The fraction of sp³-hybridized carbons (Fsp3) is 0.538. The summed E-state index contributed by atoms with van der Waals surface area (Å²) in [4.78, 5) is 0. The predicted molar refractivity (Wildman–Crippen MR) is 74.3 cm³/mol. The zero-order valence-corrected chi connectivity index (χ0v) is 11.6. The normalized spacial score (nSPS) is 12.2. The number of nitrogens with one attached hydrogen (secondary N) is 1. The van der Waals surface area contributed by atoms with Crippen LogP contribution in [0, 0.1) is 0 Å². The zero-order chi connectivity index (χ0) is 12.7. The van der Waals surface area contributed by atoms with Crippen LogP contribution in [0.1, 0.15) is 18.9 Å². The fourth-order valence-corrected chi connectivity index (χ4v) is 1.97. The van der Waals surface area contributed by atoms with E-state index in [-0.39, 0.29) is 0 Å². The van der Waals surface area contributed by atoms with Crippen LogP contribution in [0.5, 0.6) is 11.5 Å². The van der Waals surface area contributed by atoms with Gasteiger partial charge in [0.05, 0.1) is 14.2 Å². The first-order chi connectivity index (χ1) is 8.21. The van der Waals surface area contributed by atoms with Crippen molar-refractivity contribution in [2.45, 2.75) is 25.9 Å². The van der Waals surface area contributed by atoms with Crippen molar-refractivity contribution >= 4 is 12.6 Å². The lowest BCUT2D eigenvalue weighted by Crippen LogP contribution is -2.25. The monoisotopic (exact) mass is 255 g/mol. The molecule has 0 heterocycles. The van der Waals surface area contributed by atoms with E-state index in [1.54, 1.807) is 14.2 Å². The third-order valence-electron chi connectivity index (χ3n) is 2.66. The molecule has 0 radical (unpaired) electrons. The predicted octanol–water partition coefficient (Wildman–Crippen LogP) is 2.50. The van der Waals surface area contributed by atoms with Crippen LogP contribution in [0.3, 0.4) is 0 Å². The van der Waals surface area contributed by atoms with Gasteiger partial charge in [-0.3, -0.25) is 0 Å². The highest BCUT2D eigenvalue weighted by Gasteiger charge is 2.05. The summed E-state index contributed by atoms with van der Waals surface area (Å²) in [5, 5.41) is 3.44. The largest absolute Gasteiger partial charge is 0.493 e. The minimum absolute atomic E-state index is 0.473. The quantitative estimate of drug-likeness (QED) is 0.734. The third kappa shape index (κ3) is 4.48. The van der Waals surface area contributed by atoms with E-state index in [9.17, 15) is 0 Å². The molecule has 0 saturated carbocycles. The summed E-state index contributed by atoms with van der Waals surface area (Å²) in [6, 6.07) is 6.45. The Morgan fingerprint density at radius 2 is 1.94 bits per heavy atom. The molecule has 0 aliphatic rings. The average Bonchev–Trinajstić information content (AvgIpc) is 2.36. The lowest BCUT2D eigenvalue weighted by atomic mass is 10.2. The summed E-state index contributed by atoms with van der Waals surface area (Å²) in [7, 11) is 3.29. The number of thiol groups is 1. The number of methoxy groups -OCH3 is 2. The van der Waals surface area contributed by atoms with Crippen molar-refractivity contribution in [2.75, 3.05) is 20.0 Å². The van der Waals surface area contributed by atoms with Crippen molar-refractivity contribution < 1.29 is 9.47 Å². The molecular formula is C13H21NO2S. The highest BCUT2D eigenvalue weighted by molar-refractivity contribution is 7.80. The van der Waals surface area contributed by atoms with Gasteiger partial charge >= 0.3 is 0 Å². The van der Waals surface area contributed by atoms with Crippen molar-refractivity contribution in [1.29, 1.82) is 0 Å². The molecule has 1 aromatic rings. The molecule has 1 N–H and O–H groups in total. The van der Waals surface area contributed by atoms with Gasteiger partial charge in [0.2, 0.25) is 0 Å². The number of hydrogen-bond acceptors (Lipinski definition) is 4. The van der Waals surface area contributed by atoms with Crippen molar-refractivity contribution in [3.63, 3.8) is 0 Å². The highest BCUT2D eigenvalue weighted by atomic mass is 32.1. The van der Waals surface area contributed by atoms with Gasteiger partial charge in [-0.05, 0) is 36.8 Å². The number of rotatable bonds is 7. The highest BCUT2D eigenvalue weighted by Crippen LogP contribution is 2.27. The molecule has 96 valence electrons. The van der Waals surface area contributed by atoms with Gasteiger partial charge in [-0.25, -0.2) is 0 Å². The summed E-state index contributed by atoms with van der Waals surface area (Å²) in [6.45, 7) is 2.99. The molecule has 1 aromatic carbocycles. The Kier molecular flexibility index (Phi) is 6.22. The maximum atomic E-state index is 5.27. The Hall–Kier alpha value is -0.870. The number of ether oxygens (including phenoxy) is 2. The van der Waals surface area contributed by atoms with Gasteiger partial charge in [0.25, 0.3) is 0 Å². The average molecular weight is 255 g/mol. The maximum Gasteiger partial charge on any atom is 0.161 e. The first kappa shape index (κ1) is 14.2. The first-order valence-electron chi connectivity index (χ1n) is 5.76. The molecule has 0 aliphatic heterocycles. The van der Waals surface area contributed by atoms with Crippen molar-refractivity contribution in [2.24, 2.45) is 0 Å². The minimum Gasteiger partial charge on any atom is -0.493 e.